The van der Waals surface area contributed by atoms with Crippen LogP contribution in [0.1, 0.15) is 58.4 Å². The van der Waals surface area contributed by atoms with Crippen molar-refractivity contribution in [1.29, 1.82) is 0 Å². The molecule has 2 aliphatic rings. The number of hydrogen-bond donors (Lipinski definition) is 1. The topological polar surface area (TPSA) is 63.1 Å². The zero-order valence-corrected chi connectivity index (χ0v) is 19.8. The van der Waals surface area contributed by atoms with Crippen LogP contribution in [0.25, 0.3) is 11.0 Å². The summed E-state index contributed by atoms with van der Waals surface area (Å²) in [6.45, 7) is 6.61. The first-order valence-electron chi connectivity index (χ1n) is 12.5. The molecular weight excluding hydrogens is 410 g/mol. The maximum absolute atomic E-state index is 13.1. The highest BCUT2D eigenvalue weighted by Crippen LogP contribution is 2.36. The van der Waals surface area contributed by atoms with Crippen LogP contribution in [0.5, 0.6) is 0 Å². The molecule has 33 heavy (non-hydrogen) atoms. The molecule has 1 aromatic carbocycles. The maximum Gasteiger partial charge on any atom is 0.252 e. The summed E-state index contributed by atoms with van der Waals surface area (Å²) in [5.74, 6) is 2.15. The van der Waals surface area contributed by atoms with Gasteiger partial charge in [0, 0.05) is 35.4 Å². The number of piperidine rings is 1. The Balaban J connectivity index is 1.56. The second-order valence-corrected chi connectivity index (χ2v) is 9.99. The third-order valence-corrected chi connectivity index (χ3v) is 7.63. The van der Waals surface area contributed by atoms with Crippen LogP contribution in [-0.4, -0.2) is 33.7 Å². The summed E-state index contributed by atoms with van der Waals surface area (Å²) >= 11 is 0. The fraction of sp³-hybridized carbons (Fsp3) is 0.519. The Kier molecular flexibility index (Phi) is 6.45. The minimum absolute atomic E-state index is 0.0493. The molecule has 2 fully saturated rings. The molecule has 1 N–H and O–H groups in total. The van der Waals surface area contributed by atoms with Crippen molar-refractivity contribution in [1.82, 2.24) is 19.9 Å². The zero-order chi connectivity index (χ0) is 22.8. The van der Waals surface area contributed by atoms with Gasteiger partial charge in [-0.05, 0) is 81.6 Å². The fourth-order valence-electron chi connectivity index (χ4n) is 5.67. The lowest BCUT2D eigenvalue weighted by molar-refractivity contribution is 0.225. The highest BCUT2D eigenvalue weighted by molar-refractivity contribution is 5.76. The molecule has 1 aliphatic heterocycles. The van der Waals surface area contributed by atoms with E-state index in [1.165, 1.54) is 12.8 Å². The molecule has 1 saturated carbocycles. The number of pyridine rings is 1. The van der Waals surface area contributed by atoms with Gasteiger partial charge in [-0.1, -0.05) is 32.0 Å². The number of rotatable bonds is 5. The predicted octanol–water partition coefficient (Wildman–Crippen LogP) is 5.07. The lowest BCUT2D eigenvalue weighted by Crippen LogP contribution is -2.41. The van der Waals surface area contributed by atoms with E-state index in [-0.39, 0.29) is 11.6 Å². The molecule has 0 unspecified atom stereocenters. The van der Waals surface area contributed by atoms with Gasteiger partial charge in [-0.3, -0.25) is 9.36 Å². The van der Waals surface area contributed by atoms with Crippen molar-refractivity contribution in [3.05, 3.63) is 59.0 Å². The van der Waals surface area contributed by atoms with Gasteiger partial charge in [0.1, 0.15) is 5.65 Å². The van der Waals surface area contributed by atoms with E-state index in [0.717, 1.165) is 61.4 Å². The maximum atomic E-state index is 13.1. The summed E-state index contributed by atoms with van der Waals surface area (Å²) in [6, 6.07) is 14.5. The van der Waals surface area contributed by atoms with Crippen molar-refractivity contribution < 1.29 is 0 Å². The van der Waals surface area contributed by atoms with Gasteiger partial charge in [0.25, 0.3) is 5.56 Å². The number of nitrogens with one attached hydrogen (secondary N) is 1. The SMILES string of the molecule is CC(C)C1CCC(n2c(=O)ccc3cnc(N(c4ccccc4)C4CCNCC4)nc32)CC1. The Morgan fingerprint density at radius 1 is 0.970 bits per heavy atom. The Bertz CT molecular complexity index is 1130. The predicted molar refractivity (Wildman–Crippen MR) is 134 cm³/mol. The molecule has 3 aromatic rings. The van der Waals surface area contributed by atoms with Crippen molar-refractivity contribution in [2.75, 3.05) is 18.0 Å². The molecule has 0 bridgehead atoms. The van der Waals surface area contributed by atoms with E-state index in [2.05, 4.69) is 48.3 Å². The quantitative estimate of drug-likeness (QED) is 0.594. The molecule has 1 saturated heterocycles. The van der Waals surface area contributed by atoms with Crippen LogP contribution in [-0.2, 0) is 0 Å². The molecule has 1 aliphatic carbocycles. The van der Waals surface area contributed by atoms with Crippen LogP contribution in [0.3, 0.4) is 0 Å². The highest BCUT2D eigenvalue weighted by atomic mass is 16.1. The Hall–Kier alpha value is -2.73. The molecule has 3 heterocycles. The standard InChI is InChI=1S/C27H35N5O/c1-19(2)20-8-11-23(12-9-20)32-25(33)13-10-21-18-29-27(30-26(21)32)31(22-6-4-3-5-7-22)24-14-16-28-17-15-24/h3-7,10,13,18-20,23-24,28H,8-9,11-12,14-17H2,1-2H3. The van der Waals surface area contributed by atoms with Crippen LogP contribution in [0.2, 0.25) is 0 Å². The van der Waals surface area contributed by atoms with Gasteiger partial charge >= 0.3 is 0 Å². The minimum Gasteiger partial charge on any atom is -0.317 e. The van der Waals surface area contributed by atoms with Crippen LogP contribution in [0.15, 0.2) is 53.5 Å². The Morgan fingerprint density at radius 3 is 2.39 bits per heavy atom. The number of nitrogens with zero attached hydrogens (tertiary/aromatic N) is 4. The monoisotopic (exact) mass is 445 g/mol. The van der Waals surface area contributed by atoms with E-state index in [4.69, 9.17) is 9.97 Å². The van der Waals surface area contributed by atoms with Gasteiger partial charge in [0.2, 0.25) is 5.95 Å². The van der Waals surface area contributed by atoms with Crippen molar-refractivity contribution in [3.8, 4) is 0 Å². The smallest absolute Gasteiger partial charge is 0.252 e. The summed E-state index contributed by atoms with van der Waals surface area (Å²) in [5, 5.41) is 4.39. The molecule has 0 amide bonds. The Labute approximate surface area is 196 Å². The largest absolute Gasteiger partial charge is 0.317 e. The summed E-state index contributed by atoms with van der Waals surface area (Å²) in [5.41, 5.74) is 1.93. The van der Waals surface area contributed by atoms with Gasteiger partial charge in [0.05, 0.1) is 0 Å². The second-order valence-electron chi connectivity index (χ2n) is 9.99. The fourth-order valence-corrected chi connectivity index (χ4v) is 5.67. The van der Waals surface area contributed by atoms with Crippen molar-refractivity contribution in [3.63, 3.8) is 0 Å². The molecule has 2 aromatic heterocycles. The molecule has 5 rings (SSSR count). The lowest BCUT2D eigenvalue weighted by Gasteiger charge is -2.35. The molecular formula is C27H35N5O. The van der Waals surface area contributed by atoms with Crippen LogP contribution < -0.4 is 15.8 Å². The number of fused-ring (bicyclic) bond motifs is 1. The molecule has 6 heteroatoms. The van der Waals surface area contributed by atoms with Gasteiger partial charge in [-0.2, -0.15) is 4.98 Å². The Morgan fingerprint density at radius 2 is 1.70 bits per heavy atom. The van der Waals surface area contributed by atoms with E-state index >= 15 is 0 Å². The highest BCUT2D eigenvalue weighted by Gasteiger charge is 2.28. The molecule has 0 atom stereocenters. The summed E-state index contributed by atoms with van der Waals surface area (Å²) in [7, 11) is 0. The molecule has 174 valence electrons. The van der Waals surface area contributed by atoms with Crippen molar-refractivity contribution >= 4 is 22.7 Å². The van der Waals surface area contributed by atoms with Crippen LogP contribution in [0, 0.1) is 11.8 Å². The third kappa shape index (κ3) is 4.54. The first-order valence-corrected chi connectivity index (χ1v) is 12.5. The van der Waals surface area contributed by atoms with Gasteiger partial charge in [-0.15, -0.1) is 0 Å². The van der Waals surface area contributed by atoms with Gasteiger partial charge in [0.15, 0.2) is 0 Å². The molecule has 0 spiro atoms. The summed E-state index contributed by atoms with van der Waals surface area (Å²) in [6.07, 6.45) is 8.40. The summed E-state index contributed by atoms with van der Waals surface area (Å²) < 4.78 is 1.96. The number of anilines is 2. The van der Waals surface area contributed by atoms with Crippen LogP contribution in [0.4, 0.5) is 11.6 Å². The number of hydrogen-bond acceptors (Lipinski definition) is 5. The minimum atomic E-state index is 0.0493. The molecule has 0 radical (unpaired) electrons. The van der Waals surface area contributed by atoms with E-state index in [9.17, 15) is 4.79 Å². The summed E-state index contributed by atoms with van der Waals surface area (Å²) in [4.78, 5) is 25.2. The molecule has 6 nitrogen and oxygen atoms in total. The lowest BCUT2D eigenvalue weighted by atomic mass is 9.79. The normalized spacial score (nSPS) is 22.0. The van der Waals surface area contributed by atoms with Crippen molar-refractivity contribution in [2.24, 2.45) is 11.8 Å². The number of para-hydroxylation sites is 1. The zero-order valence-electron chi connectivity index (χ0n) is 19.8. The van der Waals surface area contributed by atoms with E-state index in [1.807, 2.05) is 22.9 Å². The number of aromatic nitrogens is 3. The first-order chi connectivity index (χ1) is 16.1. The second kappa shape index (κ2) is 9.64. The van der Waals surface area contributed by atoms with Gasteiger partial charge < -0.3 is 10.2 Å². The average Bonchev–Trinajstić information content (AvgIpc) is 2.85. The first kappa shape index (κ1) is 22.1. The van der Waals surface area contributed by atoms with E-state index in [0.29, 0.717) is 17.9 Å². The van der Waals surface area contributed by atoms with E-state index in [1.54, 1.807) is 6.07 Å². The van der Waals surface area contributed by atoms with Crippen LogP contribution >= 0.6 is 0 Å². The van der Waals surface area contributed by atoms with Gasteiger partial charge in [-0.25, -0.2) is 4.98 Å². The third-order valence-electron chi connectivity index (χ3n) is 7.63. The average molecular weight is 446 g/mol. The van der Waals surface area contributed by atoms with Crippen molar-refractivity contribution in [2.45, 2.75) is 64.5 Å². The van der Waals surface area contributed by atoms with E-state index < -0.39 is 0 Å². The number of benzene rings is 1.